The van der Waals surface area contributed by atoms with E-state index in [1.165, 1.54) is 5.57 Å². The summed E-state index contributed by atoms with van der Waals surface area (Å²) >= 11 is 0. The van der Waals surface area contributed by atoms with Crippen molar-refractivity contribution in [3.8, 4) is 0 Å². The van der Waals surface area contributed by atoms with Crippen LogP contribution in [0.3, 0.4) is 0 Å². The molecule has 130 valence electrons. The fourth-order valence-electron chi connectivity index (χ4n) is 2.90. The third-order valence-corrected chi connectivity index (χ3v) is 4.56. The van der Waals surface area contributed by atoms with E-state index in [-0.39, 0.29) is 11.7 Å². The maximum atomic E-state index is 14.7. The van der Waals surface area contributed by atoms with E-state index in [2.05, 4.69) is 31.4 Å². The quantitative estimate of drug-likeness (QED) is 0.363. The van der Waals surface area contributed by atoms with Crippen molar-refractivity contribution in [2.45, 2.75) is 33.1 Å². The minimum atomic E-state index is -0.271. The first-order valence-electron chi connectivity index (χ1n) is 8.83. The standard InChI is InChI=1S/C24H27F/c1-5-7-8-20-11-15-23(16-12-20)21(6-2)17-24(25)19(4)22-13-9-18(3)10-14-22/h5-6,9-15,17,23H,1,4,7-8,16H2,2-3H3/b21-6+,24-17+. The Morgan fingerprint density at radius 3 is 2.56 bits per heavy atom. The van der Waals surface area contributed by atoms with Crippen molar-refractivity contribution >= 4 is 5.57 Å². The Hall–Kier alpha value is -2.41. The van der Waals surface area contributed by atoms with Crippen LogP contribution in [0.15, 0.2) is 90.9 Å². The molecule has 1 atom stereocenters. The van der Waals surface area contributed by atoms with Gasteiger partial charge in [0.1, 0.15) is 5.83 Å². The van der Waals surface area contributed by atoms with Crippen molar-refractivity contribution in [2.24, 2.45) is 5.92 Å². The van der Waals surface area contributed by atoms with Crippen molar-refractivity contribution in [2.75, 3.05) is 0 Å². The zero-order valence-electron chi connectivity index (χ0n) is 15.3. The van der Waals surface area contributed by atoms with Gasteiger partial charge in [-0.1, -0.05) is 72.4 Å². The number of hydrogen-bond acceptors (Lipinski definition) is 0. The Labute approximate surface area is 151 Å². The normalized spacial score (nSPS) is 18.0. The van der Waals surface area contributed by atoms with Gasteiger partial charge in [-0.05, 0) is 50.3 Å². The predicted molar refractivity (Wildman–Crippen MR) is 108 cm³/mol. The van der Waals surface area contributed by atoms with E-state index in [0.717, 1.165) is 36.0 Å². The highest BCUT2D eigenvalue weighted by Crippen LogP contribution is 2.30. The molecule has 0 amide bonds. The predicted octanol–water partition coefficient (Wildman–Crippen LogP) is 7.28. The smallest absolute Gasteiger partial charge is 0.130 e. The summed E-state index contributed by atoms with van der Waals surface area (Å²) < 4.78 is 14.7. The molecule has 2 rings (SSSR count). The minimum absolute atomic E-state index is 0.217. The van der Waals surface area contributed by atoms with Crippen LogP contribution in [0.1, 0.15) is 37.3 Å². The van der Waals surface area contributed by atoms with E-state index in [1.807, 2.05) is 50.3 Å². The van der Waals surface area contributed by atoms with Gasteiger partial charge in [0.15, 0.2) is 0 Å². The second kappa shape index (κ2) is 9.17. The topological polar surface area (TPSA) is 0 Å². The molecular weight excluding hydrogens is 307 g/mol. The summed E-state index contributed by atoms with van der Waals surface area (Å²) in [6.45, 7) is 11.7. The number of hydrogen-bond donors (Lipinski definition) is 0. The first-order valence-corrected chi connectivity index (χ1v) is 8.83. The summed E-state index contributed by atoms with van der Waals surface area (Å²) in [5, 5.41) is 0. The lowest BCUT2D eigenvalue weighted by molar-refractivity contribution is 0.666. The fraction of sp³-hybridized carbons (Fsp3) is 0.250. The van der Waals surface area contributed by atoms with Gasteiger partial charge in [0.25, 0.3) is 0 Å². The Kier molecular flexibility index (Phi) is 6.94. The molecule has 0 radical (unpaired) electrons. The van der Waals surface area contributed by atoms with E-state index in [0.29, 0.717) is 5.57 Å². The molecule has 1 aliphatic rings. The minimum Gasteiger partial charge on any atom is -0.206 e. The second-order valence-electron chi connectivity index (χ2n) is 6.43. The Bertz CT molecular complexity index is 739. The molecule has 25 heavy (non-hydrogen) atoms. The van der Waals surface area contributed by atoms with Crippen LogP contribution in [0, 0.1) is 12.8 Å². The zero-order valence-corrected chi connectivity index (χ0v) is 15.3. The highest BCUT2D eigenvalue weighted by Gasteiger charge is 2.14. The van der Waals surface area contributed by atoms with Crippen LogP contribution in [-0.2, 0) is 0 Å². The van der Waals surface area contributed by atoms with Gasteiger partial charge >= 0.3 is 0 Å². The zero-order chi connectivity index (χ0) is 18.2. The van der Waals surface area contributed by atoms with Crippen LogP contribution in [0.5, 0.6) is 0 Å². The number of aryl methyl sites for hydroxylation is 1. The first-order chi connectivity index (χ1) is 12.0. The van der Waals surface area contributed by atoms with E-state index in [1.54, 1.807) is 6.08 Å². The Morgan fingerprint density at radius 2 is 2.00 bits per heavy atom. The molecule has 0 fully saturated rings. The van der Waals surface area contributed by atoms with Crippen molar-refractivity contribution < 1.29 is 4.39 Å². The Morgan fingerprint density at radius 1 is 1.28 bits per heavy atom. The van der Waals surface area contributed by atoms with Crippen LogP contribution in [0.2, 0.25) is 0 Å². The summed E-state index contributed by atoms with van der Waals surface area (Å²) in [6.07, 6.45) is 15.0. The van der Waals surface area contributed by atoms with Crippen LogP contribution in [-0.4, -0.2) is 0 Å². The van der Waals surface area contributed by atoms with Gasteiger partial charge in [-0.2, -0.15) is 0 Å². The summed E-state index contributed by atoms with van der Waals surface area (Å²) in [7, 11) is 0. The lowest BCUT2D eigenvalue weighted by Gasteiger charge is -2.18. The molecule has 0 heterocycles. The highest BCUT2D eigenvalue weighted by molar-refractivity contribution is 5.75. The van der Waals surface area contributed by atoms with Gasteiger partial charge in [0.2, 0.25) is 0 Å². The molecule has 0 saturated carbocycles. The molecule has 0 spiro atoms. The molecule has 0 saturated heterocycles. The number of halogens is 1. The summed E-state index contributed by atoms with van der Waals surface area (Å²) in [5.74, 6) is -0.0548. The van der Waals surface area contributed by atoms with E-state index < -0.39 is 0 Å². The maximum absolute atomic E-state index is 14.7. The maximum Gasteiger partial charge on any atom is 0.130 e. The van der Waals surface area contributed by atoms with Crippen LogP contribution >= 0.6 is 0 Å². The molecule has 0 aliphatic heterocycles. The third-order valence-electron chi connectivity index (χ3n) is 4.56. The third kappa shape index (κ3) is 5.29. The van der Waals surface area contributed by atoms with E-state index in [9.17, 15) is 4.39 Å². The number of rotatable bonds is 7. The number of allylic oxidation sites excluding steroid dienone is 10. The summed E-state index contributed by atoms with van der Waals surface area (Å²) in [4.78, 5) is 0. The van der Waals surface area contributed by atoms with Crippen molar-refractivity contribution in [3.63, 3.8) is 0 Å². The number of benzene rings is 1. The molecule has 0 nitrogen and oxygen atoms in total. The van der Waals surface area contributed by atoms with Crippen LogP contribution in [0.4, 0.5) is 4.39 Å². The van der Waals surface area contributed by atoms with Crippen molar-refractivity contribution in [1.29, 1.82) is 0 Å². The van der Waals surface area contributed by atoms with Gasteiger partial charge in [0.05, 0.1) is 0 Å². The second-order valence-corrected chi connectivity index (χ2v) is 6.43. The molecule has 1 aromatic rings. The molecule has 1 unspecified atom stereocenters. The lowest BCUT2D eigenvalue weighted by Crippen LogP contribution is -2.03. The molecule has 1 aromatic carbocycles. The Balaban J connectivity index is 2.08. The molecule has 0 N–H and O–H groups in total. The summed E-state index contributed by atoms with van der Waals surface area (Å²) in [6, 6.07) is 7.78. The van der Waals surface area contributed by atoms with Crippen LogP contribution in [0.25, 0.3) is 5.57 Å². The lowest BCUT2D eigenvalue weighted by atomic mass is 9.88. The van der Waals surface area contributed by atoms with Crippen molar-refractivity contribution in [3.05, 3.63) is 102 Å². The SMILES string of the molecule is C=CCCC1=CCC(C(=C/C)/C=C(/F)C(=C)c2ccc(C)cc2)C=C1. The first kappa shape index (κ1) is 18.9. The van der Waals surface area contributed by atoms with Crippen molar-refractivity contribution in [1.82, 2.24) is 0 Å². The molecule has 0 aromatic heterocycles. The largest absolute Gasteiger partial charge is 0.206 e. The van der Waals surface area contributed by atoms with Gasteiger partial charge in [-0.15, -0.1) is 6.58 Å². The van der Waals surface area contributed by atoms with E-state index >= 15 is 0 Å². The van der Waals surface area contributed by atoms with Gasteiger partial charge < -0.3 is 0 Å². The van der Waals surface area contributed by atoms with Crippen LogP contribution < -0.4 is 0 Å². The molecular formula is C24H27F. The monoisotopic (exact) mass is 334 g/mol. The summed E-state index contributed by atoms with van der Waals surface area (Å²) in [5.41, 5.74) is 4.73. The average molecular weight is 334 g/mol. The highest BCUT2D eigenvalue weighted by atomic mass is 19.1. The van der Waals surface area contributed by atoms with Gasteiger partial charge in [-0.3, -0.25) is 0 Å². The van der Waals surface area contributed by atoms with E-state index in [4.69, 9.17) is 0 Å². The molecule has 0 bridgehead atoms. The van der Waals surface area contributed by atoms with Gasteiger partial charge in [-0.25, -0.2) is 4.39 Å². The fourth-order valence-corrected chi connectivity index (χ4v) is 2.90. The molecule has 1 heteroatoms. The molecule has 1 aliphatic carbocycles. The average Bonchev–Trinajstić information content (AvgIpc) is 2.64. The van der Waals surface area contributed by atoms with Gasteiger partial charge in [0, 0.05) is 11.5 Å².